The van der Waals surface area contributed by atoms with Gasteiger partial charge in [0.1, 0.15) is 0 Å². The molecule has 1 amide bonds. The summed E-state index contributed by atoms with van der Waals surface area (Å²) in [4.78, 5) is 12.8. The third kappa shape index (κ3) is 3.76. The second kappa shape index (κ2) is 7.25. The maximum Gasteiger partial charge on any atom is 0.230 e. The fraction of sp³-hybridized carbons (Fsp3) is 0.562. The number of carbonyl (C=O) groups excluding carboxylic acids is 1. The molecule has 0 aromatic heterocycles. The lowest BCUT2D eigenvalue weighted by Crippen LogP contribution is -2.48. The minimum Gasteiger partial charge on any atom is -0.381 e. The van der Waals surface area contributed by atoms with Gasteiger partial charge in [0, 0.05) is 30.8 Å². The molecule has 1 aromatic rings. The van der Waals surface area contributed by atoms with Crippen molar-refractivity contribution in [1.82, 2.24) is 5.32 Å². The Balaban J connectivity index is 2.21. The predicted molar refractivity (Wildman–Crippen MR) is 84.5 cm³/mol. The van der Waals surface area contributed by atoms with Crippen LogP contribution in [0.25, 0.3) is 0 Å². The minimum absolute atomic E-state index is 0.0274. The molecule has 1 aliphatic rings. The summed E-state index contributed by atoms with van der Waals surface area (Å²) in [6.07, 6.45) is 2.07. The molecule has 0 radical (unpaired) electrons. The predicted octanol–water partition coefficient (Wildman–Crippen LogP) is 2.24. The summed E-state index contributed by atoms with van der Waals surface area (Å²) >= 11 is 6.33. The average molecular weight is 311 g/mol. The van der Waals surface area contributed by atoms with Crippen LogP contribution < -0.4 is 11.1 Å². The zero-order valence-electron chi connectivity index (χ0n) is 12.4. The lowest BCUT2D eigenvalue weighted by molar-refractivity contribution is -0.130. The molecule has 1 atom stereocenters. The molecular formula is C16H23ClN2O2. The SMILES string of the molecule is CC(N)CCNC(=O)C1(c2ccccc2Cl)CCOCC1. The standard InChI is InChI=1S/C16H23ClN2O2/c1-12(18)6-9-19-15(20)16(7-10-21-11-8-16)13-4-2-3-5-14(13)17/h2-5,12H,6-11,18H2,1H3,(H,19,20). The maximum atomic E-state index is 12.8. The van der Waals surface area contributed by atoms with E-state index >= 15 is 0 Å². The molecule has 1 fully saturated rings. The summed E-state index contributed by atoms with van der Waals surface area (Å²) < 4.78 is 5.44. The van der Waals surface area contributed by atoms with E-state index in [9.17, 15) is 4.79 Å². The third-order valence-electron chi connectivity index (χ3n) is 4.06. The van der Waals surface area contributed by atoms with Crippen LogP contribution in [-0.4, -0.2) is 31.7 Å². The van der Waals surface area contributed by atoms with Crippen molar-refractivity contribution in [2.45, 2.75) is 37.6 Å². The normalized spacial score (nSPS) is 19.0. The van der Waals surface area contributed by atoms with Gasteiger partial charge in [-0.1, -0.05) is 29.8 Å². The maximum absolute atomic E-state index is 12.8. The molecule has 1 aromatic carbocycles. The van der Waals surface area contributed by atoms with Crippen LogP contribution in [0.3, 0.4) is 0 Å². The van der Waals surface area contributed by atoms with E-state index in [4.69, 9.17) is 22.1 Å². The molecule has 1 aliphatic heterocycles. The number of benzene rings is 1. The zero-order chi connectivity index (χ0) is 15.3. The fourth-order valence-electron chi connectivity index (χ4n) is 2.77. The second-order valence-corrected chi connectivity index (χ2v) is 6.10. The molecule has 0 bridgehead atoms. The van der Waals surface area contributed by atoms with Crippen molar-refractivity contribution in [3.05, 3.63) is 34.9 Å². The van der Waals surface area contributed by atoms with Gasteiger partial charge in [-0.25, -0.2) is 0 Å². The van der Waals surface area contributed by atoms with Gasteiger partial charge in [0.05, 0.1) is 5.41 Å². The first-order valence-electron chi connectivity index (χ1n) is 7.43. The van der Waals surface area contributed by atoms with Crippen LogP contribution in [0.1, 0.15) is 31.7 Å². The fourth-order valence-corrected chi connectivity index (χ4v) is 3.09. The van der Waals surface area contributed by atoms with Crippen LogP contribution in [0.15, 0.2) is 24.3 Å². The quantitative estimate of drug-likeness (QED) is 0.876. The van der Waals surface area contributed by atoms with Gasteiger partial charge in [0.15, 0.2) is 0 Å². The van der Waals surface area contributed by atoms with Gasteiger partial charge >= 0.3 is 0 Å². The van der Waals surface area contributed by atoms with E-state index in [-0.39, 0.29) is 11.9 Å². The highest BCUT2D eigenvalue weighted by molar-refractivity contribution is 6.31. The monoisotopic (exact) mass is 310 g/mol. The Labute approximate surface area is 131 Å². The van der Waals surface area contributed by atoms with Crippen LogP contribution in [0.4, 0.5) is 0 Å². The number of halogens is 1. The number of carbonyl (C=O) groups is 1. The van der Waals surface area contributed by atoms with Crippen molar-refractivity contribution in [3.8, 4) is 0 Å². The molecule has 3 N–H and O–H groups in total. The van der Waals surface area contributed by atoms with E-state index in [1.54, 1.807) is 0 Å². The first kappa shape index (κ1) is 16.3. The molecule has 0 spiro atoms. The first-order valence-corrected chi connectivity index (χ1v) is 7.81. The molecule has 21 heavy (non-hydrogen) atoms. The van der Waals surface area contributed by atoms with Crippen molar-refractivity contribution in [1.29, 1.82) is 0 Å². The highest BCUT2D eigenvalue weighted by atomic mass is 35.5. The molecule has 1 unspecified atom stereocenters. The molecule has 4 nitrogen and oxygen atoms in total. The van der Waals surface area contributed by atoms with Crippen molar-refractivity contribution < 1.29 is 9.53 Å². The molecular weight excluding hydrogens is 288 g/mol. The molecule has 1 saturated heterocycles. The summed E-state index contributed by atoms with van der Waals surface area (Å²) in [6, 6.07) is 7.67. The Bertz CT molecular complexity index is 485. The summed E-state index contributed by atoms with van der Waals surface area (Å²) in [6.45, 7) is 3.67. The summed E-state index contributed by atoms with van der Waals surface area (Å²) in [7, 11) is 0. The minimum atomic E-state index is -0.589. The lowest BCUT2D eigenvalue weighted by atomic mass is 9.73. The van der Waals surface area contributed by atoms with Crippen molar-refractivity contribution in [2.75, 3.05) is 19.8 Å². The first-order chi connectivity index (χ1) is 10.1. The Hall–Kier alpha value is -1.10. The smallest absolute Gasteiger partial charge is 0.230 e. The van der Waals surface area contributed by atoms with Crippen LogP contribution >= 0.6 is 11.6 Å². The van der Waals surface area contributed by atoms with Crippen LogP contribution in [0, 0.1) is 0 Å². The highest BCUT2D eigenvalue weighted by Crippen LogP contribution is 2.38. The number of hydrogen-bond acceptors (Lipinski definition) is 3. The number of nitrogens with two attached hydrogens (primary N) is 1. The summed E-state index contributed by atoms with van der Waals surface area (Å²) in [5, 5.41) is 3.66. The Morgan fingerprint density at radius 2 is 2.10 bits per heavy atom. The van der Waals surface area contributed by atoms with Crippen LogP contribution in [0.2, 0.25) is 5.02 Å². The second-order valence-electron chi connectivity index (χ2n) is 5.70. The topological polar surface area (TPSA) is 64.3 Å². The summed E-state index contributed by atoms with van der Waals surface area (Å²) in [5.41, 5.74) is 6.04. The molecule has 2 rings (SSSR count). The molecule has 0 saturated carbocycles. The van der Waals surface area contributed by atoms with Gasteiger partial charge in [-0.15, -0.1) is 0 Å². The molecule has 1 heterocycles. The Morgan fingerprint density at radius 1 is 1.43 bits per heavy atom. The molecule has 116 valence electrons. The number of ether oxygens (including phenoxy) is 1. The number of rotatable bonds is 5. The molecule has 5 heteroatoms. The van der Waals surface area contributed by atoms with Gasteiger partial charge in [0.25, 0.3) is 0 Å². The van der Waals surface area contributed by atoms with E-state index in [1.165, 1.54) is 0 Å². The van der Waals surface area contributed by atoms with Gasteiger partial charge in [0.2, 0.25) is 5.91 Å². The van der Waals surface area contributed by atoms with E-state index in [2.05, 4.69) is 5.32 Å². The van der Waals surface area contributed by atoms with E-state index in [0.29, 0.717) is 37.6 Å². The average Bonchev–Trinajstić information content (AvgIpc) is 2.48. The van der Waals surface area contributed by atoms with Crippen molar-refractivity contribution in [3.63, 3.8) is 0 Å². The number of amides is 1. The van der Waals surface area contributed by atoms with E-state index in [1.807, 2.05) is 31.2 Å². The van der Waals surface area contributed by atoms with Gasteiger partial charge in [-0.2, -0.15) is 0 Å². The lowest BCUT2D eigenvalue weighted by Gasteiger charge is -2.36. The zero-order valence-corrected chi connectivity index (χ0v) is 13.2. The highest BCUT2D eigenvalue weighted by Gasteiger charge is 2.42. The van der Waals surface area contributed by atoms with E-state index in [0.717, 1.165) is 12.0 Å². The van der Waals surface area contributed by atoms with Crippen molar-refractivity contribution in [2.24, 2.45) is 5.73 Å². The Kier molecular flexibility index (Phi) is 5.62. The van der Waals surface area contributed by atoms with Gasteiger partial charge in [-0.3, -0.25) is 4.79 Å². The van der Waals surface area contributed by atoms with Gasteiger partial charge in [-0.05, 0) is 37.8 Å². The summed E-state index contributed by atoms with van der Waals surface area (Å²) in [5.74, 6) is 0.0274. The van der Waals surface area contributed by atoms with E-state index < -0.39 is 5.41 Å². The Morgan fingerprint density at radius 3 is 2.71 bits per heavy atom. The third-order valence-corrected chi connectivity index (χ3v) is 4.39. The largest absolute Gasteiger partial charge is 0.381 e. The van der Waals surface area contributed by atoms with Crippen molar-refractivity contribution >= 4 is 17.5 Å². The number of hydrogen-bond donors (Lipinski definition) is 2. The van der Waals surface area contributed by atoms with Gasteiger partial charge < -0.3 is 15.8 Å². The van der Waals surface area contributed by atoms with Crippen LogP contribution in [0.5, 0.6) is 0 Å². The number of nitrogens with one attached hydrogen (secondary N) is 1. The van der Waals surface area contributed by atoms with Crippen LogP contribution in [-0.2, 0) is 14.9 Å². The molecule has 0 aliphatic carbocycles.